The van der Waals surface area contributed by atoms with Crippen LogP contribution in [0.5, 0.6) is 0 Å². The van der Waals surface area contributed by atoms with Gasteiger partial charge in [-0.1, -0.05) is 29.4 Å². The Balaban J connectivity index is 1.69. The van der Waals surface area contributed by atoms with E-state index in [2.05, 4.69) is 17.4 Å². The summed E-state index contributed by atoms with van der Waals surface area (Å²) in [6.45, 7) is 2.83. The van der Waals surface area contributed by atoms with Gasteiger partial charge in [0, 0.05) is 22.5 Å². The Bertz CT molecular complexity index is 577. The van der Waals surface area contributed by atoms with Crippen LogP contribution in [0.15, 0.2) is 44.7 Å². The lowest BCUT2D eigenvalue weighted by molar-refractivity contribution is 0.527. The highest BCUT2D eigenvalue weighted by molar-refractivity contribution is 7.99. The predicted octanol–water partition coefficient (Wildman–Crippen LogP) is 4.64. The van der Waals surface area contributed by atoms with Crippen LogP contribution in [0.4, 0.5) is 0 Å². The molecule has 0 amide bonds. The molecule has 0 spiro atoms. The molecule has 0 radical (unpaired) electrons. The highest BCUT2D eigenvalue weighted by atomic mass is 35.5. The van der Waals surface area contributed by atoms with E-state index in [0.717, 1.165) is 27.1 Å². The van der Waals surface area contributed by atoms with Gasteiger partial charge in [-0.3, -0.25) is 0 Å². The maximum atomic E-state index is 6.34. The van der Waals surface area contributed by atoms with E-state index in [4.69, 9.17) is 16.0 Å². The van der Waals surface area contributed by atoms with Gasteiger partial charge in [-0.15, -0.1) is 0 Å². The number of furan rings is 1. The first-order valence-corrected chi connectivity index (χ1v) is 7.65. The second-order valence-electron chi connectivity index (χ2n) is 4.85. The zero-order valence-electron chi connectivity index (χ0n) is 10.8. The molecular weight excluding hydrogens is 278 g/mol. The fourth-order valence-corrected chi connectivity index (χ4v) is 3.08. The molecule has 100 valence electrons. The normalized spacial score (nSPS) is 14.8. The van der Waals surface area contributed by atoms with Crippen molar-refractivity contribution in [1.82, 2.24) is 5.32 Å². The van der Waals surface area contributed by atoms with Crippen LogP contribution >= 0.6 is 23.4 Å². The summed E-state index contributed by atoms with van der Waals surface area (Å²) in [5.74, 6) is 0.945. The summed E-state index contributed by atoms with van der Waals surface area (Å²) in [5, 5.41) is 4.31. The molecule has 1 aromatic carbocycles. The lowest BCUT2D eigenvalue weighted by Crippen LogP contribution is -2.15. The largest absolute Gasteiger partial charge is 0.468 e. The first-order valence-electron chi connectivity index (χ1n) is 6.46. The van der Waals surface area contributed by atoms with Gasteiger partial charge in [0.05, 0.1) is 11.2 Å². The molecule has 1 aliphatic carbocycles. The summed E-state index contributed by atoms with van der Waals surface area (Å²) in [4.78, 5) is 2.28. The monoisotopic (exact) mass is 293 g/mol. The Kier molecular flexibility index (Phi) is 3.87. The summed E-state index contributed by atoms with van der Waals surface area (Å²) >= 11 is 8.02. The Morgan fingerprint density at radius 3 is 2.84 bits per heavy atom. The third-order valence-corrected chi connectivity index (χ3v) is 4.71. The minimum Gasteiger partial charge on any atom is -0.468 e. The summed E-state index contributed by atoms with van der Waals surface area (Å²) in [5.41, 5.74) is 1.17. The fourth-order valence-electron chi connectivity index (χ4n) is 1.88. The summed E-state index contributed by atoms with van der Waals surface area (Å²) in [6.07, 6.45) is 4.31. The lowest BCUT2D eigenvalue weighted by atomic mass is 10.2. The molecule has 0 aliphatic heterocycles. The number of hydrogen-bond acceptors (Lipinski definition) is 3. The molecule has 1 aliphatic rings. The smallest absolute Gasteiger partial charge is 0.114 e. The minimum atomic E-state index is 0.707. The third-order valence-electron chi connectivity index (χ3n) is 3.22. The van der Waals surface area contributed by atoms with Crippen molar-refractivity contribution in [1.29, 1.82) is 0 Å². The Morgan fingerprint density at radius 2 is 2.21 bits per heavy atom. The average molecular weight is 294 g/mol. The van der Waals surface area contributed by atoms with Gasteiger partial charge in [-0.05, 0) is 43.5 Å². The molecule has 1 N–H and O–H groups in total. The number of benzene rings is 1. The van der Waals surface area contributed by atoms with Gasteiger partial charge in [0.25, 0.3) is 0 Å². The van der Waals surface area contributed by atoms with E-state index in [1.165, 1.54) is 18.4 Å². The van der Waals surface area contributed by atoms with E-state index in [1.54, 1.807) is 18.0 Å². The predicted molar refractivity (Wildman–Crippen MR) is 78.9 cm³/mol. The van der Waals surface area contributed by atoms with Crippen molar-refractivity contribution < 1.29 is 4.42 Å². The number of halogens is 1. The Hall–Kier alpha value is -0.900. The van der Waals surface area contributed by atoms with Gasteiger partial charge in [0.2, 0.25) is 0 Å². The highest BCUT2D eigenvalue weighted by Crippen LogP contribution is 2.33. The zero-order chi connectivity index (χ0) is 13.2. The van der Waals surface area contributed by atoms with E-state index >= 15 is 0 Å². The molecule has 2 aromatic rings. The van der Waals surface area contributed by atoms with Crippen LogP contribution in [0.2, 0.25) is 5.02 Å². The van der Waals surface area contributed by atoms with Gasteiger partial charge in [-0.25, -0.2) is 0 Å². The van der Waals surface area contributed by atoms with Crippen LogP contribution in [-0.4, -0.2) is 6.04 Å². The summed E-state index contributed by atoms with van der Waals surface area (Å²) in [7, 11) is 0. The quantitative estimate of drug-likeness (QED) is 0.869. The number of hydrogen-bond donors (Lipinski definition) is 1. The first kappa shape index (κ1) is 13.1. The summed E-state index contributed by atoms with van der Waals surface area (Å²) in [6, 6.07) is 8.94. The van der Waals surface area contributed by atoms with Crippen LogP contribution in [-0.2, 0) is 6.54 Å². The molecule has 1 heterocycles. The fraction of sp³-hybridized carbons (Fsp3) is 0.333. The van der Waals surface area contributed by atoms with Crippen molar-refractivity contribution in [2.75, 3.05) is 0 Å². The Morgan fingerprint density at radius 1 is 1.37 bits per heavy atom. The molecule has 0 atom stereocenters. The highest BCUT2D eigenvalue weighted by Gasteiger charge is 2.20. The topological polar surface area (TPSA) is 25.2 Å². The SMILES string of the molecule is Cc1occc1Sc1ccc(CNC2CC2)c(Cl)c1. The van der Waals surface area contributed by atoms with Crippen molar-refractivity contribution in [3.63, 3.8) is 0 Å². The average Bonchev–Trinajstić information content (AvgIpc) is 3.13. The summed E-state index contributed by atoms with van der Waals surface area (Å²) < 4.78 is 5.30. The van der Waals surface area contributed by atoms with Crippen molar-refractivity contribution in [2.45, 2.75) is 42.1 Å². The van der Waals surface area contributed by atoms with Crippen LogP contribution in [0.25, 0.3) is 0 Å². The van der Waals surface area contributed by atoms with Gasteiger partial charge in [-0.2, -0.15) is 0 Å². The minimum absolute atomic E-state index is 0.707. The van der Waals surface area contributed by atoms with Crippen molar-refractivity contribution in [2.24, 2.45) is 0 Å². The van der Waals surface area contributed by atoms with Crippen molar-refractivity contribution in [3.05, 3.63) is 46.9 Å². The molecule has 19 heavy (non-hydrogen) atoms. The van der Waals surface area contributed by atoms with Gasteiger partial charge < -0.3 is 9.73 Å². The van der Waals surface area contributed by atoms with E-state index in [9.17, 15) is 0 Å². The van der Waals surface area contributed by atoms with Gasteiger partial charge in [0.1, 0.15) is 5.76 Å². The molecule has 0 bridgehead atoms. The van der Waals surface area contributed by atoms with Crippen LogP contribution in [0, 0.1) is 6.92 Å². The first-order chi connectivity index (χ1) is 9.22. The van der Waals surface area contributed by atoms with Crippen LogP contribution in [0.1, 0.15) is 24.2 Å². The van der Waals surface area contributed by atoms with Crippen LogP contribution < -0.4 is 5.32 Å². The van der Waals surface area contributed by atoms with Crippen molar-refractivity contribution in [3.8, 4) is 0 Å². The third kappa shape index (κ3) is 3.35. The molecule has 1 saturated carbocycles. The standard InChI is InChI=1S/C15H16ClNOS/c1-10-15(6-7-18-10)19-13-5-2-11(14(16)8-13)9-17-12-3-4-12/h2,5-8,12,17H,3-4,9H2,1H3. The lowest BCUT2D eigenvalue weighted by Gasteiger charge is -2.07. The Labute approximate surface area is 122 Å². The molecule has 2 nitrogen and oxygen atoms in total. The zero-order valence-corrected chi connectivity index (χ0v) is 12.4. The molecular formula is C15H16ClNOS. The number of rotatable bonds is 5. The maximum absolute atomic E-state index is 6.34. The van der Waals surface area contributed by atoms with Crippen LogP contribution in [0.3, 0.4) is 0 Å². The van der Waals surface area contributed by atoms with Gasteiger partial charge >= 0.3 is 0 Å². The molecule has 0 saturated heterocycles. The maximum Gasteiger partial charge on any atom is 0.114 e. The van der Waals surface area contributed by atoms with E-state index in [-0.39, 0.29) is 0 Å². The second-order valence-corrected chi connectivity index (χ2v) is 6.37. The van der Waals surface area contributed by atoms with Gasteiger partial charge in [0.15, 0.2) is 0 Å². The van der Waals surface area contributed by atoms with E-state index < -0.39 is 0 Å². The number of aryl methyl sites for hydroxylation is 1. The number of nitrogens with one attached hydrogen (secondary N) is 1. The second kappa shape index (κ2) is 5.61. The molecule has 4 heteroatoms. The molecule has 1 aromatic heterocycles. The van der Waals surface area contributed by atoms with Crippen molar-refractivity contribution >= 4 is 23.4 Å². The van der Waals surface area contributed by atoms with E-state index in [0.29, 0.717) is 6.04 Å². The van der Waals surface area contributed by atoms with E-state index in [1.807, 2.05) is 19.1 Å². The molecule has 0 unspecified atom stereocenters. The molecule has 1 fully saturated rings. The molecule has 3 rings (SSSR count).